The Hall–Kier alpha value is -2.91. The minimum atomic E-state index is -3.95. The minimum absolute atomic E-state index is 0.00244. The summed E-state index contributed by atoms with van der Waals surface area (Å²) >= 11 is 1.07. The Labute approximate surface area is 231 Å². The summed E-state index contributed by atoms with van der Waals surface area (Å²) in [6, 6.07) is 9.90. The van der Waals surface area contributed by atoms with Crippen molar-refractivity contribution in [3.8, 4) is 0 Å². The van der Waals surface area contributed by atoms with Crippen LogP contribution >= 0.6 is 11.3 Å². The number of sulfonamides is 2. The number of rotatable bonds is 8. The number of primary sulfonamides is 1. The zero-order valence-corrected chi connectivity index (χ0v) is 24.0. The number of carbonyl (C=O) groups is 2. The van der Waals surface area contributed by atoms with Gasteiger partial charge in [-0.25, -0.2) is 22.0 Å². The van der Waals surface area contributed by atoms with Crippen LogP contribution in [-0.2, 0) is 36.1 Å². The third-order valence-corrected chi connectivity index (χ3v) is 10.6. The van der Waals surface area contributed by atoms with Crippen LogP contribution in [0.3, 0.4) is 0 Å². The summed E-state index contributed by atoms with van der Waals surface area (Å²) in [5.74, 6) is -1.08. The molecule has 4 rings (SSSR count). The van der Waals surface area contributed by atoms with Gasteiger partial charge in [0.1, 0.15) is 0 Å². The van der Waals surface area contributed by atoms with E-state index < -0.39 is 31.9 Å². The Bertz CT molecular complexity index is 1670. The molecule has 1 aliphatic rings. The number of nitrogens with zero attached hydrogens (tertiary/aromatic N) is 3. The molecule has 1 aromatic heterocycles. The van der Waals surface area contributed by atoms with Crippen LogP contribution in [0.25, 0.3) is 10.2 Å². The number of ether oxygens (including phenoxy) is 1. The third-order valence-electron chi connectivity index (χ3n) is 6.70. The summed E-state index contributed by atoms with van der Waals surface area (Å²) in [6.07, 6.45) is 3.38. The molecule has 0 saturated carbocycles. The third kappa shape index (κ3) is 6.30. The van der Waals surface area contributed by atoms with Gasteiger partial charge >= 0.3 is 5.97 Å². The number of fused-ring (bicyclic) bond motifs is 1. The number of amides is 1. The van der Waals surface area contributed by atoms with E-state index in [1.807, 2.05) is 6.92 Å². The van der Waals surface area contributed by atoms with Crippen molar-refractivity contribution < 1.29 is 31.2 Å². The number of carbonyl (C=O) groups excluding carboxylic acids is 2. The van der Waals surface area contributed by atoms with Crippen LogP contribution in [0.4, 0.5) is 0 Å². The predicted octanol–water partition coefficient (Wildman–Crippen LogP) is 2.61. The maximum atomic E-state index is 13.2. The molecule has 1 saturated heterocycles. The van der Waals surface area contributed by atoms with E-state index in [0.29, 0.717) is 16.8 Å². The van der Waals surface area contributed by atoms with Crippen LogP contribution < -0.4 is 9.94 Å². The number of thiazole rings is 1. The van der Waals surface area contributed by atoms with E-state index in [9.17, 15) is 26.4 Å². The average Bonchev–Trinajstić information content (AvgIpc) is 3.27. The van der Waals surface area contributed by atoms with E-state index in [0.717, 1.165) is 37.0 Å². The second-order valence-electron chi connectivity index (χ2n) is 9.15. The topological polar surface area (TPSA) is 158 Å². The standard InChI is InChI=1S/C25H30N4O7S3/c1-3-18-6-4-5-14-29(18)39(34,35)19-9-7-17(8-10-19)24(31)27-25-28(15-13-23(30)36-2)21-12-11-20(38(26,32)33)16-22(21)37-25/h7-12,16,18H,3-6,13-15H2,1-2H3,(H2,26,32,33). The van der Waals surface area contributed by atoms with Gasteiger partial charge in [-0.3, -0.25) is 9.59 Å². The first-order valence-corrected chi connectivity index (χ1v) is 16.2. The minimum Gasteiger partial charge on any atom is -0.469 e. The van der Waals surface area contributed by atoms with Gasteiger partial charge < -0.3 is 9.30 Å². The molecule has 1 aliphatic heterocycles. The lowest BCUT2D eigenvalue weighted by Gasteiger charge is -2.34. The molecule has 1 unspecified atom stereocenters. The summed E-state index contributed by atoms with van der Waals surface area (Å²) in [5.41, 5.74) is 0.748. The number of methoxy groups -OCH3 is 1. The van der Waals surface area contributed by atoms with E-state index in [4.69, 9.17) is 9.88 Å². The van der Waals surface area contributed by atoms with Gasteiger partial charge in [-0.15, -0.1) is 0 Å². The second-order valence-corrected chi connectivity index (χ2v) is 13.6. The second kappa shape index (κ2) is 11.7. The fourth-order valence-electron chi connectivity index (χ4n) is 4.59. The monoisotopic (exact) mass is 594 g/mol. The summed E-state index contributed by atoms with van der Waals surface area (Å²) in [7, 11) is -6.38. The molecular weight excluding hydrogens is 564 g/mol. The first-order valence-electron chi connectivity index (χ1n) is 12.4. The summed E-state index contributed by atoms with van der Waals surface area (Å²) < 4.78 is 58.5. The molecule has 1 atom stereocenters. The summed E-state index contributed by atoms with van der Waals surface area (Å²) in [5, 5.41) is 5.26. The summed E-state index contributed by atoms with van der Waals surface area (Å²) in [4.78, 5) is 29.3. The van der Waals surface area contributed by atoms with Gasteiger partial charge in [0.05, 0.1) is 33.5 Å². The number of esters is 1. The lowest BCUT2D eigenvalue weighted by atomic mass is 10.0. The molecule has 0 radical (unpaired) electrons. The molecule has 3 aromatic rings. The zero-order valence-electron chi connectivity index (χ0n) is 21.6. The van der Waals surface area contributed by atoms with Crippen LogP contribution in [-0.4, -0.2) is 57.3 Å². The summed E-state index contributed by atoms with van der Waals surface area (Å²) in [6.45, 7) is 2.59. The lowest BCUT2D eigenvalue weighted by Crippen LogP contribution is -2.43. The number of hydrogen-bond acceptors (Lipinski definition) is 8. The highest BCUT2D eigenvalue weighted by Gasteiger charge is 2.32. The number of nitrogens with two attached hydrogens (primary N) is 1. The maximum absolute atomic E-state index is 13.2. The maximum Gasteiger partial charge on any atom is 0.307 e. The molecule has 2 N–H and O–H groups in total. The molecule has 210 valence electrons. The Morgan fingerprint density at radius 1 is 1.08 bits per heavy atom. The highest BCUT2D eigenvalue weighted by molar-refractivity contribution is 7.89. The van der Waals surface area contributed by atoms with Crippen molar-refractivity contribution in [2.45, 2.75) is 61.4 Å². The van der Waals surface area contributed by atoms with Gasteiger partial charge in [0.25, 0.3) is 5.91 Å². The SMILES string of the molecule is CCC1CCCCN1S(=O)(=O)c1ccc(C(=O)N=c2sc3cc(S(N)(=O)=O)ccc3n2CCC(=O)OC)cc1. The average molecular weight is 595 g/mol. The smallest absolute Gasteiger partial charge is 0.307 e. The number of hydrogen-bond donors (Lipinski definition) is 1. The number of piperidine rings is 1. The van der Waals surface area contributed by atoms with E-state index in [-0.39, 0.29) is 39.2 Å². The Morgan fingerprint density at radius 3 is 2.41 bits per heavy atom. The molecule has 14 heteroatoms. The predicted molar refractivity (Wildman–Crippen MR) is 146 cm³/mol. The van der Waals surface area contributed by atoms with Crippen LogP contribution in [0.5, 0.6) is 0 Å². The quantitative estimate of drug-likeness (QED) is 0.393. The molecule has 0 spiro atoms. The number of aromatic nitrogens is 1. The largest absolute Gasteiger partial charge is 0.469 e. The molecule has 11 nitrogen and oxygen atoms in total. The molecule has 0 bridgehead atoms. The lowest BCUT2D eigenvalue weighted by molar-refractivity contribution is -0.140. The van der Waals surface area contributed by atoms with Crippen molar-refractivity contribution in [1.82, 2.24) is 8.87 Å². The van der Waals surface area contributed by atoms with Crippen molar-refractivity contribution in [3.63, 3.8) is 0 Å². The number of aryl methyl sites for hydroxylation is 1. The van der Waals surface area contributed by atoms with Gasteiger partial charge in [-0.2, -0.15) is 9.30 Å². The molecule has 0 aliphatic carbocycles. The van der Waals surface area contributed by atoms with Crippen molar-refractivity contribution in [1.29, 1.82) is 0 Å². The zero-order chi connectivity index (χ0) is 28.4. The van der Waals surface area contributed by atoms with Gasteiger partial charge in [0, 0.05) is 24.7 Å². The van der Waals surface area contributed by atoms with Crippen LogP contribution in [0.2, 0.25) is 0 Å². The van der Waals surface area contributed by atoms with Gasteiger partial charge in [-0.1, -0.05) is 24.7 Å². The van der Waals surface area contributed by atoms with Crippen molar-refractivity contribution >= 4 is 53.5 Å². The fourth-order valence-corrected chi connectivity index (χ4v) is 8.07. The Balaban J connectivity index is 1.69. The molecule has 2 heterocycles. The normalized spacial score (nSPS) is 17.4. The highest BCUT2D eigenvalue weighted by Crippen LogP contribution is 2.27. The van der Waals surface area contributed by atoms with Crippen LogP contribution in [0.1, 0.15) is 49.4 Å². The van der Waals surface area contributed by atoms with Crippen molar-refractivity contribution in [2.24, 2.45) is 10.1 Å². The van der Waals surface area contributed by atoms with E-state index in [1.165, 1.54) is 49.6 Å². The first kappa shape index (κ1) is 29.1. The van der Waals surface area contributed by atoms with E-state index >= 15 is 0 Å². The molecule has 1 fully saturated rings. The van der Waals surface area contributed by atoms with Crippen LogP contribution in [0, 0.1) is 0 Å². The molecule has 2 aromatic carbocycles. The first-order chi connectivity index (χ1) is 18.5. The van der Waals surface area contributed by atoms with Crippen molar-refractivity contribution in [2.75, 3.05) is 13.7 Å². The van der Waals surface area contributed by atoms with Gasteiger partial charge in [-0.05, 0) is 61.7 Å². The van der Waals surface area contributed by atoms with E-state index in [2.05, 4.69) is 4.99 Å². The van der Waals surface area contributed by atoms with Crippen molar-refractivity contribution in [3.05, 3.63) is 52.8 Å². The molecule has 1 amide bonds. The van der Waals surface area contributed by atoms with Crippen LogP contribution in [0.15, 0.2) is 57.2 Å². The van der Waals surface area contributed by atoms with E-state index in [1.54, 1.807) is 8.87 Å². The Morgan fingerprint density at radius 2 is 1.77 bits per heavy atom. The fraction of sp³-hybridized carbons (Fsp3) is 0.400. The highest BCUT2D eigenvalue weighted by atomic mass is 32.2. The van der Waals surface area contributed by atoms with Gasteiger partial charge in [0.15, 0.2) is 4.80 Å². The Kier molecular flexibility index (Phi) is 8.71. The molecule has 39 heavy (non-hydrogen) atoms. The number of benzene rings is 2. The molecular formula is C25H30N4O7S3. The van der Waals surface area contributed by atoms with Gasteiger partial charge in [0.2, 0.25) is 20.0 Å².